The highest BCUT2D eigenvalue weighted by Gasteiger charge is 2.29. The number of nitrogens with one attached hydrogen (secondary N) is 1. The molecule has 1 aliphatic rings. The zero-order valence-electron chi connectivity index (χ0n) is 16.2. The number of likely N-dealkylation sites (tertiary alicyclic amines) is 1. The van der Waals surface area contributed by atoms with Crippen molar-refractivity contribution in [2.45, 2.75) is 38.8 Å². The van der Waals surface area contributed by atoms with E-state index >= 15 is 0 Å². The number of benzene rings is 1. The fourth-order valence-electron chi connectivity index (χ4n) is 3.31. The monoisotopic (exact) mass is 405 g/mol. The topological polar surface area (TPSA) is 93.2 Å². The molecule has 0 radical (unpaired) electrons. The molecule has 0 unspecified atom stereocenters. The van der Waals surface area contributed by atoms with Gasteiger partial charge in [-0.25, -0.2) is 4.68 Å². The van der Waals surface area contributed by atoms with Crippen LogP contribution in [0.2, 0.25) is 0 Å². The van der Waals surface area contributed by atoms with Gasteiger partial charge in [0.1, 0.15) is 5.82 Å². The van der Waals surface area contributed by atoms with Crippen molar-refractivity contribution >= 4 is 30.0 Å². The van der Waals surface area contributed by atoms with Gasteiger partial charge in [-0.1, -0.05) is 32.0 Å². The van der Waals surface area contributed by atoms with Crippen LogP contribution in [-0.2, 0) is 4.79 Å². The van der Waals surface area contributed by atoms with Crippen LogP contribution in [0.25, 0.3) is 0 Å². The third-order valence-electron chi connectivity index (χ3n) is 5.07. The Morgan fingerprint density at radius 3 is 2.39 bits per heavy atom. The Bertz CT molecular complexity index is 785. The third kappa shape index (κ3) is 4.91. The molecule has 1 fully saturated rings. The van der Waals surface area contributed by atoms with Gasteiger partial charge in [-0.3, -0.25) is 9.59 Å². The van der Waals surface area contributed by atoms with E-state index in [0.717, 1.165) is 12.8 Å². The Morgan fingerprint density at radius 2 is 1.79 bits per heavy atom. The van der Waals surface area contributed by atoms with Crippen LogP contribution < -0.4 is 11.1 Å². The predicted molar refractivity (Wildman–Crippen MR) is 112 cm³/mol. The van der Waals surface area contributed by atoms with Gasteiger partial charge in [0.15, 0.2) is 0 Å². The molecule has 1 aliphatic heterocycles. The Kier molecular flexibility index (Phi) is 7.60. The van der Waals surface area contributed by atoms with Gasteiger partial charge in [-0.15, -0.1) is 12.4 Å². The molecule has 2 amide bonds. The lowest BCUT2D eigenvalue weighted by molar-refractivity contribution is -0.134. The predicted octanol–water partition coefficient (Wildman–Crippen LogP) is 2.70. The van der Waals surface area contributed by atoms with Crippen LogP contribution >= 0.6 is 12.4 Å². The molecule has 3 rings (SSSR count). The first-order valence-corrected chi connectivity index (χ1v) is 9.41. The van der Waals surface area contributed by atoms with E-state index in [1.807, 2.05) is 41.6 Å². The first-order valence-electron chi connectivity index (χ1n) is 9.41. The molecule has 3 N–H and O–H groups in total. The molecular weight excluding hydrogens is 378 g/mol. The average molecular weight is 406 g/mol. The van der Waals surface area contributed by atoms with Crippen molar-refractivity contribution in [2.75, 3.05) is 18.4 Å². The summed E-state index contributed by atoms with van der Waals surface area (Å²) in [6, 6.07) is 10.6. The highest BCUT2D eigenvalue weighted by Crippen LogP contribution is 2.26. The zero-order valence-corrected chi connectivity index (χ0v) is 17.1. The van der Waals surface area contributed by atoms with Gasteiger partial charge in [0.05, 0.1) is 18.3 Å². The van der Waals surface area contributed by atoms with Gasteiger partial charge in [0, 0.05) is 24.7 Å². The summed E-state index contributed by atoms with van der Waals surface area (Å²) in [6.07, 6.45) is 3.26. The first-order chi connectivity index (χ1) is 13.0. The van der Waals surface area contributed by atoms with Gasteiger partial charge in [0.25, 0.3) is 5.91 Å². The zero-order chi connectivity index (χ0) is 19.4. The van der Waals surface area contributed by atoms with Crippen LogP contribution in [0.1, 0.15) is 43.1 Å². The second-order valence-electron chi connectivity index (χ2n) is 7.31. The number of halogens is 1. The summed E-state index contributed by atoms with van der Waals surface area (Å²) in [5, 5.41) is 7.33. The number of nitrogens with zero attached hydrogens (tertiary/aromatic N) is 3. The molecular formula is C20H28ClN5O2. The van der Waals surface area contributed by atoms with Crippen LogP contribution in [0.5, 0.6) is 0 Å². The number of piperidine rings is 1. The summed E-state index contributed by atoms with van der Waals surface area (Å²) in [5.41, 5.74) is 6.60. The summed E-state index contributed by atoms with van der Waals surface area (Å²) >= 11 is 0. The SMILES string of the molecule is CC(C)[C@@H](N)C(=O)N1CCC(n2nccc2NC(=O)c2ccccc2)CC1.Cl. The van der Waals surface area contributed by atoms with Gasteiger partial charge in [0.2, 0.25) is 5.91 Å². The Labute approximate surface area is 171 Å². The van der Waals surface area contributed by atoms with Crippen molar-refractivity contribution in [3.05, 3.63) is 48.2 Å². The lowest BCUT2D eigenvalue weighted by atomic mass is 10.0. The van der Waals surface area contributed by atoms with Crippen LogP contribution in [0, 0.1) is 5.92 Å². The number of carbonyl (C=O) groups is 2. The number of hydrogen-bond acceptors (Lipinski definition) is 4. The van der Waals surface area contributed by atoms with E-state index in [-0.39, 0.29) is 36.2 Å². The summed E-state index contributed by atoms with van der Waals surface area (Å²) in [5.74, 6) is 0.656. The molecule has 2 aromatic rings. The quantitative estimate of drug-likeness (QED) is 0.799. The van der Waals surface area contributed by atoms with Crippen LogP contribution in [0.15, 0.2) is 42.6 Å². The summed E-state index contributed by atoms with van der Waals surface area (Å²) < 4.78 is 1.85. The van der Waals surface area contributed by atoms with Crippen molar-refractivity contribution in [3.8, 4) is 0 Å². The van der Waals surface area contributed by atoms with Crippen molar-refractivity contribution < 1.29 is 9.59 Å². The summed E-state index contributed by atoms with van der Waals surface area (Å²) in [6.45, 7) is 5.22. The number of hydrogen-bond donors (Lipinski definition) is 2. The molecule has 0 saturated carbocycles. The standard InChI is InChI=1S/C20H27N5O2.ClH/c1-14(2)18(21)20(27)24-12-9-16(10-13-24)25-17(8-11-22-25)23-19(26)15-6-4-3-5-7-15;/h3-8,11,14,16,18H,9-10,12-13,21H2,1-2H3,(H,23,26);1H/t18-;/m1./s1. The highest BCUT2D eigenvalue weighted by molar-refractivity contribution is 6.03. The normalized spacial score (nSPS) is 15.8. The van der Waals surface area contributed by atoms with Crippen molar-refractivity contribution in [2.24, 2.45) is 11.7 Å². The minimum absolute atomic E-state index is 0. The maximum atomic E-state index is 12.4. The number of amides is 2. The molecule has 0 spiro atoms. The lowest BCUT2D eigenvalue weighted by Gasteiger charge is -2.34. The number of carbonyl (C=O) groups excluding carboxylic acids is 2. The molecule has 7 nitrogen and oxygen atoms in total. The van der Waals surface area contributed by atoms with Crippen molar-refractivity contribution in [1.82, 2.24) is 14.7 Å². The molecule has 1 atom stereocenters. The molecule has 28 heavy (non-hydrogen) atoms. The van der Waals surface area contributed by atoms with Crippen molar-refractivity contribution in [1.29, 1.82) is 0 Å². The van der Waals surface area contributed by atoms with E-state index in [9.17, 15) is 9.59 Å². The van der Waals surface area contributed by atoms with E-state index in [1.165, 1.54) is 0 Å². The van der Waals surface area contributed by atoms with Gasteiger partial charge in [-0.2, -0.15) is 5.10 Å². The highest BCUT2D eigenvalue weighted by atomic mass is 35.5. The maximum absolute atomic E-state index is 12.4. The second-order valence-corrected chi connectivity index (χ2v) is 7.31. The molecule has 1 aromatic heterocycles. The van der Waals surface area contributed by atoms with E-state index in [1.54, 1.807) is 24.4 Å². The van der Waals surface area contributed by atoms with E-state index in [0.29, 0.717) is 24.5 Å². The van der Waals surface area contributed by atoms with Crippen LogP contribution in [0.4, 0.5) is 5.82 Å². The van der Waals surface area contributed by atoms with E-state index < -0.39 is 6.04 Å². The molecule has 2 heterocycles. The van der Waals surface area contributed by atoms with Gasteiger partial charge < -0.3 is 16.0 Å². The minimum atomic E-state index is -0.452. The largest absolute Gasteiger partial charge is 0.341 e. The van der Waals surface area contributed by atoms with Crippen LogP contribution in [-0.4, -0.2) is 45.6 Å². The molecule has 0 aliphatic carbocycles. The summed E-state index contributed by atoms with van der Waals surface area (Å²) in [4.78, 5) is 26.7. The number of anilines is 1. The molecule has 1 aromatic carbocycles. The number of aromatic nitrogens is 2. The van der Waals surface area contributed by atoms with E-state index in [2.05, 4.69) is 10.4 Å². The van der Waals surface area contributed by atoms with E-state index in [4.69, 9.17) is 5.73 Å². The average Bonchev–Trinajstić information content (AvgIpc) is 3.15. The molecule has 152 valence electrons. The maximum Gasteiger partial charge on any atom is 0.256 e. The minimum Gasteiger partial charge on any atom is -0.341 e. The lowest BCUT2D eigenvalue weighted by Crippen LogP contribution is -2.49. The van der Waals surface area contributed by atoms with Crippen molar-refractivity contribution in [3.63, 3.8) is 0 Å². The van der Waals surface area contributed by atoms with Gasteiger partial charge in [-0.05, 0) is 30.9 Å². The Balaban J connectivity index is 0.00000280. The van der Waals surface area contributed by atoms with Gasteiger partial charge >= 0.3 is 0 Å². The Hall–Kier alpha value is -2.38. The molecule has 1 saturated heterocycles. The van der Waals surface area contributed by atoms with Crippen LogP contribution in [0.3, 0.4) is 0 Å². The third-order valence-corrected chi connectivity index (χ3v) is 5.07. The Morgan fingerprint density at radius 1 is 1.14 bits per heavy atom. The number of nitrogens with two attached hydrogens (primary N) is 1. The second kappa shape index (κ2) is 9.71. The first kappa shape index (κ1) is 21.9. The number of rotatable bonds is 5. The fraction of sp³-hybridized carbons (Fsp3) is 0.450. The fourth-order valence-corrected chi connectivity index (χ4v) is 3.31. The smallest absolute Gasteiger partial charge is 0.256 e. The summed E-state index contributed by atoms with van der Waals surface area (Å²) in [7, 11) is 0. The molecule has 8 heteroatoms. The molecule has 0 bridgehead atoms.